The predicted molar refractivity (Wildman–Crippen MR) is 81.7 cm³/mol. The smallest absolute Gasteiger partial charge is 0.289 e. The van der Waals surface area contributed by atoms with E-state index in [4.69, 9.17) is 10.2 Å². The minimum absolute atomic E-state index is 0.0283. The average Bonchev–Trinajstić information content (AvgIpc) is 3.20. The Morgan fingerprint density at radius 1 is 1.52 bits per heavy atom. The van der Waals surface area contributed by atoms with Gasteiger partial charge in [0.15, 0.2) is 10.4 Å². The molecule has 3 N–H and O–H groups in total. The van der Waals surface area contributed by atoms with Gasteiger partial charge in [0.25, 0.3) is 5.91 Å². The van der Waals surface area contributed by atoms with Crippen LogP contribution in [0.2, 0.25) is 0 Å². The third kappa shape index (κ3) is 3.85. The second-order valence-electron chi connectivity index (χ2n) is 5.71. The molecule has 1 aromatic heterocycles. The van der Waals surface area contributed by atoms with Crippen LogP contribution in [0.25, 0.3) is 0 Å². The van der Waals surface area contributed by atoms with Gasteiger partial charge in [-0.2, -0.15) is 0 Å². The van der Waals surface area contributed by atoms with Crippen LogP contribution in [-0.4, -0.2) is 42.4 Å². The lowest BCUT2D eigenvalue weighted by Gasteiger charge is -2.30. The van der Waals surface area contributed by atoms with Gasteiger partial charge in [-0.15, -0.1) is 0 Å². The second kappa shape index (κ2) is 6.19. The van der Waals surface area contributed by atoms with Crippen LogP contribution in [0.1, 0.15) is 30.3 Å². The summed E-state index contributed by atoms with van der Waals surface area (Å²) >= 11 is 3.14. The molecule has 116 valence electrons. The number of halogens is 1. The molecule has 1 fully saturated rings. The van der Waals surface area contributed by atoms with Gasteiger partial charge in [0.05, 0.1) is 12.1 Å². The van der Waals surface area contributed by atoms with Gasteiger partial charge in [0.2, 0.25) is 5.91 Å². The molecule has 0 aromatic carbocycles. The highest BCUT2D eigenvalue weighted by Gasteiger charge is 2.41. The average molecular weight is 358 g/mol. The fourth-order valence-corrected chi connectivity index (χ4v) is 2.61. The van der Waals surface area contributed by atoms with Crippen molar-refractivity contribution in [2.75, 3.05) is 20.1 Å². The zero-order chi connectivity index (χ0) is 15.6. The van der Waals surface area contributed by atoms with E-state index in [9.17, 15) is 9.59 Å². The van der Waals surface area contributed by atoms with Crippen molar-refractivity contribution in [1.29, 1.82) is 0 Å². The highest BCUT2D eigenvalue weighted by atomic mass is 79.9. The third-order valence-corrected chi connectivity index (χ3v) is 4.27. The Morgan fingerprint density at radius 2 is 2.19 bits per heavy atom. The van der Waals surface area contributed by atoms with Crippen molar-refractivity contribution >= 4 is 27.7 Å². The van der Waals surface area contributed by atoms with Gasteiger partial charge in [-0.3, -0.25) is 9.59 Å². The Bertz CT molecular complexity index is 541. The van der Waals surface area contributed by atoms with Crippen molar-refractivity contribution in [1.82, 2.24) is 10.2 Å². The normalized spacial score (nSPS) is 17.1. The molecule has 7 heteroatoms. The lowest BCUT2D eigenvalue weighted by atomic mass is 9.96. The molecule has 0 aliphatic heterocycles. The molecular weight excluding hydrogens is 338 g/mol. The van der Waals surface area contributed by atoms with Crippen LogP contribution in [0.5, 0.6) is 0 Å². The number of hydrogen-bond acceptors (Lipinski definition) is 4. The molecule has 0 saturated heterocycles. The molecule has 1 aliphatic rings. The summed E-state index contributed by atoms with van der Waals surface area (Å²) in [7, 11) is 1.56. The molecule has 0 spiro atoms. The molecular formula is C14H20BrN3O3. The van der Waals surface area contributed by atoms with Crippen molar-refractivity contribution in [3.63, 3.8) is 0 Å². The number of nitrogens with two attached hydrogens (primary N) is 1. The van der Waals surface area contributed by atoms with E-state index in [1.54, 1.807) is 19.2 Å². The minimum Gasteiger partial charge on any atom is -0.444 e. The summed E-state index contributed by atoms with van der Waals surface area (Å²) in [4.78, 5) is 25.5. The van der Waals surface area contributed by atoms with Crippen molar-refractivity contribution in [3.05, 3.63) is 22.6 Å². The maximum atomic E-state index is 12.1. The fourth-order valence-electron chi connectivity index (χ4n) is 2.30. The maximum absolute atomic E-state index is 12.1. The van der Waals surface area contributed by atoms with E-state index in [1.165, 1.54) is 4.90 Å². The Labute approximate surface area is 132 Å². The van der Waals surface area contributed by atoms with Crippen molar-refractivity contribution in [2.24, 2.45) is 11.7 Å². The van der Waals surface area contributed by atoms with Gasteiger partial charge in [-0.1, -0.05) is 0 Å². The lowest BCUT2D eigenvalue weighted by molar-refractivity contribution is -0.123. The molecule has 1 aromatic rings. The number of hydrogen-bond donors (Lipinski definition) is 2. The summed E-state index contributed by atoms with van der Waals surface area (Å²) in [6.07, 6.45) is 2.17. The number of carbonyl (C=O) groups excluding carboxylic acids is 2. The number of nitrogens with zero attached hydrogens (tertiary/aromatic N) is 1. The Balaban J connectivity index is 1.91. The van der Waals surface area contributed by atoms with E-state index in [0.29, 0.717) is 17.1 Å². The summed E-state index contributed by atoms with van der Waals surface area (Å²) in [5.74, 6) is 0.0856. The third-order valence-electron chi connectivity index (χ3n) is 3.84. The van der Waals surface area contributed by atoms with Crippen molar-refractivity contribution in [2.45, 2.75) is 25.3 Å². The first kappa shape index (κ1) is 16.0. The maximum Gasteiger partial charge on any atom is 0.289 e. The monoisotopic (exact) mass is 357 g/mol. The van der Waals surface area contributed by atoms with E-state index < -0.39 is 0 Å². The molecule has 1 saturated carbocycles. The van der Waals surface area contributed by atoms with Crippen LogP contribution in [-0.2, 0) is 4.79 Å². The number of amides is 2. The largest absolute Gasteiger partial charge is 0.444 e. The summed E-state index contributed by atoms with van der Waals surface area (Å²) in [6.45, 7) is 2.32. The molecule has 0 radical (unpaired) electrons. The topological polar surface area (TPSA) is 88.6 Å². The van der Waals surface area contributed by atoms with E-state index >= 15 is 0 Å². The Kier molecular flexibility index (Phi) is 4.73. The fraction of sp³-hybridized carbons (Fsp3) is 0.571. The first-order valence-corrected chi connectivity index (χ1v) is 7.67. The van der Waals surface area contributed by atoms with Gasteiger partial charge in [0.1, 0.15) is 0 Å². The Morgan fingerprint density at radius 3 is 2.67 bits per heavy atom. The van der Waals surface area contributed by atoms with E-state index in [2.05, 4.69) is 21.2 Å². The van der Waals surface area contributed by atoms with Crippen LogP contribution in [0.3, 0.4) is 0 Å². The van der Waals surface area contributed by atoms with Crippen LogP contribution < -0.4 is 11.1 Å². The van der Waals surface area contributed by atoms with E-state index in [-0.39, 0.29) is 29.7 Å². The highest BCUT2D eigenvalue weighted by molar-refractivity contribution is 9.10. The summed E-state index contributed by atoms with van der Waals surface area (Å²) < 4.78 is 5.67. The predicted octanol–water partition coefficient (Wildman–Crippen LogP) is 1.36. The van der Waals surface area contributed by atoms with E-state index in [1.807, 2.05) is 6.92 Å². The molecule has 1 heterocycles. The lowest BCUT2D eigenvalue weighted by Crippen LogP contribution is -2.55. The molecule has 1 atom stereocenters. The number of furan rings is 1. The molecule has 21 heavy (non-hydrogen) atoms. The van der Waals surface area contributed by atoms with Crippen molar-refractivity contribution in [3.8, 4) is 0 Å². The van der Waals surface area contributed by atoms with Crippen LogP contribution >= 0.6 is 15.9 Å². The van der Waals surface area contributed by atoms with Crippen LogP contribution in [0, 0.1) is 5.92 Å². The van der Waals surface area contributed by atoms with Gasteiger partial charge >= 0.3 is 0 Å². The second-order valence-corrected chi connectivity index (χ2v) is 6.49. The standard InChI is InChI=1S/C14H20BrN3O3/c1-14(8-16,9-3-4-9)17-12(19)7-18(2)13(20)10-5-6-11(15)21-10/h5-6,9H,3-4,7-8,16H2,1-2H3,(H,17,19). The number of nitrogens with one attached hydrogen (secondary N) is 1. The molecule has 0 bridgehead atoms. The van der Waals surface area contributed by atoms with Crippen LogP contribution in [0.15, 0.2) is 21.2 Å². The van der Waals surface area contributed by atoms with Gasteiger partial charge in [-0.05, 0) is 53.7 Å². The number of carbonyl (C=O) groups is 2. The quantitative estimate of drug-likeness (QED) is 0.804. The molecule has 2 amide bonds. The highest BCUT2D eigenvalue weighted by Crippen LogP contribution is 2.38. The first-order chi connectivity index (χ1) is 9.85. The number of likely N-dealkylation sites (N-methyl/N-ethyl adjacent to an activating group) is 1. The molecule has 2 rings (SSSR count). The minimum atomic E-state index is -0.380. The summed E-state index contributed by atoms with van der Waals surface area (Å²) in [5.41, 5.74) is 5.38. The summed E-state index contributed by atoms with van der Waals surface area (Å²) in [5, 5.41) is 2.95. The van der Waals surface area contributed by atoms with Gasteiger partial charge in [0, 0.05) is 13.6 Å². The zero-order valence-electron chi connectivity index (χ0n) is 12.2. The molecule has 6 nitrogen and oxygen atoms in total. The SMILES string of the molecule is CN(CC(=O)NC(C)(CN)C1CC1)C(=O)c1ccc(Br)o1. The molecule has 1 aliphatic carbocycles. The van der Waals surface area contributed by atoms with E-state index in [0.717, 1.165) is 12.8 Å². The number of rotatable bonds is 6. The van der Waals surface area contributed by atoms with Crippen molar-refractivity contribution < 1.29 is 14.0 Å². The Hall–Kier alpha value is -1.34. The van der Waals surface area contributed by atoms with Gasteiger partial charge < -0.3 is 20.4 Å². The zero-order valence-corrected chi connectivity index (χ0v) is 13.8. The summed E-state index contributed by atoms with van der Waals surface area (Å²) in [6, 6.07) is 3.20. The van der Waals surface area contributed by atoms with Crippen LogP contribution in [0.4, 0.5) is 0 Å². The van der Waals surface area contributed by atoms with Gasteiger partial charge in [-0.25, -0.2) is 0 Å². The molecule has 1 unspecified atom stereocenters. The first-order valence-electron chi connectivity index (χ1n) is 6.87.